The van der Waals surface area contributed by atoms with E-state index >= 15 is 0 Å². The summed E-state index contributed by atoms with van der Waals surface area (Å²) in [6.07, 6.45) is 0. The van der Waals surface area contributed by atoms with Crippen LogP contribution in [0.1, 0.15) is 11.1 Å². The van der Waals surface area contributed by atoms with Crippen molar-refractivity contribution in [2.45, 2.75) is 18.7 Å². The first kappa shape index (κ1) is 21.3. The zero-order chi connectivity index (χ0) is 21.7. The van der Waals surface area contributed by atoms with Crippen molar-refractivity contribution < 1.29 is 22.3 Å². The van der Waals surface area contributed by atoms with Crippen LogP contribution in [0.2, 0.25) is 0 Å². The summed E-state index contributed by atoms with van der Waals surface area (Å²) in [7, 11) is -3.76. The molecule has 0 aliphatic rings. The lowest BCUT2D eigenvalue weighted by Crippen LogP contribution is -2.20. The van der Waals surface area contributed by atoms with Crippen LogP contribution < -0.4 is 14.8 Å². The molecule has 0 atom stereocenters. The third-order valence-electron chi connectivity index (χ3n) is 4.26. The normalized spacial score (nSPS) is 11.0. The summed E-state index contributed by atoms with van der Waals surface area (Å²) < 4.78 is 45.9. The van der Waals surface area contributed by atoms with Gasteiger partial charge in [0.05, 0.1) is 10.6 Å². The van der Waals surface area contributed by atoms with E-state index in [4.69, 9.17) is 4.74 Å². The molecule has 0 unspecified atom stereocenters. The van der Waals surface area contributed by atoms with E-state index in [-0.39, 0.29) is 11.5 Å². The molecule has 0 aliphatic heterocycles. The molecule has 156 valence electrons. The van der Waals surface area contributed by atoms with Crippen LogP contribution in [-0.4, -0.2) is 20.9 Å². The summed E-state index contributed by atoms with van der Waals surface area (Å²) in [5, 5.41) is 2.61. The summed E-state index contributed by atoms with van der Waals surface area (Å²) in [5.74, 6) is -0.456. The minimum atomic E-state index is -3.76. The Bertz CT molecular complexity index is 1140. The molecule has 30 heavy (non-hydrogen) atoms. The number of carbonyl (C=O) groups excluding carboxylic acids is 1. The summed E-state index contributed by atoms with van der Waals surface area (Å²) in [5.41, 5.74) is 2.80. The lowest BCUT2D eigenvalue weighted by atomic mass is 10.1. The fraction of sp³-hybridized carbons (Fsp3) is 0.136. The summed E-state index contributed by atoms with van der Waals surface area (Å²) in [6, 6.07) is 16.6. The van der Waals surface area contributed by atoms with Gasteiger partial charge in [-0.15, -0.1) is 0 Å². The molecule has 0 saturated heterocycles. The number of rotatable bonds is 7. The SMILES string of the molecule is Cc1ccc(NS(=O)(=O)c2ccc(NC(=O)COc3ccc(F)cc3)cc2)c(C)c1. The second-order valence-corrected chi connectivity index (χ2v) is 8.42. The lowest BCUT2D eigenvalue weighted by Gasteiger charge is -2.12. The molecule has 0 spiro atoms. The van der Waals surface area contributed by atoms with E-state index < -0.39 is 21.7 Å². The van der Waals surface area contributed by atoms with Crippen LogP contribution in [0.5, 0.6) is 5.75 Å². The average Bonchev–Trinajstić information content (AvgIpc) is 2.70. The molecular weight excluding hydrogens is 407 g/mol. The minimum absolute atomic E-state index is 0.0723. The van der Waals surface area contributed by atoms with Gasteiger partial charge in [-0.2, -0.15) is 0 Å². The molecule has 1 amide bonds. The third kappa shape index (κ3) is 5.57. The molecule has 0 aromatic heterocycles. The van der Waals surface area contributed by atoms with Crippen LogP contribution in [0.15, 0.2) is 71.6 Å². The number of carbonyl (C=O) groups is 1. The van der Waals surface area contributed by atoms with E-state index in [1.807, 2.05) is 26.0 Å². The quantitative estimate of drug-likeness (QED) is 0.589. The predicted molar refractivity (Wildman–Crippen MR) is 114 cm³/mol. The van der Waals surface area contributed by atoms with E-state index in [2.05, 4.69) is 10.0 Å². The number of hydrogen-bond donors (Lipinski definition) is 2. The van der Waals surface area contributed by atoms with Crippen molar-refractivity contribution in [2.75, 3.05) is 16.6 Å². The van der Waals surface area contributed by atoms with E-state index in [0.29, 0.717) is 17.1 Å². The predicted octanol–water partition coefficient (Wildman–Crippen LogP) is 4.26. The zero-order valence-corrected chi connectivity index (χ0v) is 17.3. The van der Waals surface area contributed by atoms with Gasteiger partial charge in [0.2, 0.25) is 0 Å². The average molecular weight is 428 g/mol. The Morgan fingerprint density at radius 3 is 2.27 bits per heavy atom. The molecule has 3 aromatic rings. The molecule has 8 heteroatoms. The largest absolute Gasteiger partial charge is 0.484 e. The molecule has 0 heterocycles. The molecule has 0 saturated carbocycles. The Kier molecular flexibility index (Phi) is 6.37. The number of hydrogen-bond acceptors (Lipinski definition) is 4. The molecular formula is C22H21FN2O4S. The van der Waals surface area contributed by atoms with Crippen LogP contribution >= 0.6 is 0 Å². The molecule has 0 fully saturated rings. The van der Waals surface area contributed by atoms with E-state index in [0.717, 1.165) is 11.1 Å². The van der Waals surface area contributed by atoms with Crippen molar-refractivity contribution >= 4 is 27.3 Å². The number of benzene rings is 3. The highest BCUT2D eigenvalue weighted by Gasteiger charge is 2.15. The molecule has 0 aliphatic carbocycles. The van der Waals surface area contributed by atoms with Gasteiger partial charge in [0.1, 0.15) is 11.6 Å². The molecule has 0 radical (unpaired) electrons. The van der Waals surface area contributed by atoms with E-state index in [1.54, 1.807) is 6.07 Å². The highest BCUT2D eigenvalue weighted by molar-refractivity contribution is 7.92. The van der Waals surface area contributed by atoms with Gasteiger partial charge in [0.25, 0.3) is 15.9 Å². The Morgan fingerprint density at radius 1 is 0.967 bits per heavy atom. The van der Waals surface area contributed by atoms with Gasteiger partial charge in [0, 0.05) is 5.69 Å². The van der Waals surface area contributed by atoms with Gasteiger partial charge >= 0.3 is 0 Å². The van der Waals surface area contributed by atoms with Crippen molar-refractivity contribution in [3.63, 3.8) is 0 Å². The van der Waals surface area contributed by atoms with E-state index in [1.165, 1.54) is 48.5 Å². The van der Waals surface area contributed by atoms with Crippen molar-refractivity contribution in [1.82, 2.24) is 0 Å². The maximum Gasteiger partial charge on any atom is 0.262 e. The molecule has 6 nitrogen and oxygen atoms in total. The number of aryl methyl sites for hydroxylation is 2. The number of nitrogens with one attached hydrogen (secondary N) is 2. The first-order valence-corrected chi connectivity index (χ1v) is 10.6. The number of halogens is 1. The Hall–Kier alpha value is -3.39. The number of anilines is 2. The Morgan fingerprint density at radius 2 is 1.63 bits per heavy atom. The second-order valence-electron chi connectivity index (χ2n) is 6.74. The zero-order valence-electron chi connectivity index (χ0n) is 16.5. The Labute approximate surface area is 174 Å². The maximum atomic E-state index is 12.9. The molecule has 3 rings (SSSR count). The van der Waals surface area contributed by atoms with Crippen LogP contribution in [0, 0.1) is 19.7 Å². The summed E-state index contributed by atoms with van der Waals surface area (Å²) >= 11 is 0. The van der Waals surface area contributed by atoms with Crippen molar-refractivity contribution in [3.05, 3.63) is 83.7 Å². The molecule has 3 aromatic carbocycles. The van der Waals surface area contributed by atoms with Crippen LogP contribution in [0.4, 0.5) is 15.8 Å². The Balaban J connectivity index is 1.60. The monoisotopic (exact) mass is 428 g/mol. The number of amides is 1. The highest BCUT2D eigenvalue weighted by atomic mass is 32.2. The van der Waals surface area contributed by atoms with Crippen molar-refractivity contribution in [2.24, 2.45) is 0 Å². The topological polar surface area (TPSA) is 84.5 Å². The van der Waals surface area contributed by atoms with Crippen molar-refractivity contribution in [1.29, 1.82) is 0 Å². The van der Waals surface area contributed by atoms with Crippen molar-refractivity contribution in [3.8, 4) is 5.75 Å². The van der Waals surface area contributed by atoms with Gasteiger partial charge in [-0.05, 0) is 74.0 Å². The van der Waals surface area contributed by atoms with Crippen LogP contribution in [0.25, 0.3) is 0 Å². The van der Waals surface area contributed by atoms with Gasteiger partial charge in [-0.3, -0.25) is 9.52 Å². The fourth-order valence-corrected chi connectivity index (χ4v) is 3.86. The summed E-state index contributed by atoms with van der Waals surface area (Å²) in [4.78, 5) is 12.1. The number of ether oxygens (including phenoxy) is 1. The first-order valence-electron chi connectivity index (χ1n) is 9.11. The fourth-order valence-electron chi connectivity index (χ4n) is 2.73. The van der Waals surface area contributed by atoms with Gasteiger partial charge in [-0.1, -0.05) is 17.7 Å². The number of sulfonamides is 1. The van der Waals surface area contributed by atoms with Gasteiger partial charge in [-0.25, -0.2) is 12.8 Å². The minimum Gasteiger partial charge on any atom is -0.484 e. The third-order valence-corrected chi connectivity index (χ3v) is 5.64. The molecule has 0 bridgehead atoms. The summed E-state index contributed by atoms with van der Waals surface area (Å²) in [6.45, 7) is 3.50. The van der Waals surface area contributed by atoms with Gasteiger partial charge < -0.3 is 10.1 Å². The van der Waals surface area contributed by atoms with Crippen LogP contribution in [0.3, 0.4) is 0 Å². The first-order chi connectivity index (χ1) is 14.2. The second kappa shape index (κ2) is 8.96. The maximum absolute atomic E-state index is 12.9. The standard InChI is InChI=1S/C22H21FN2O4S/c1-15-3-12-21(16(2)13-15)25-30(27,28)20-10-6-18(7-11-20)24-22(26)14-29-19-8-4-17(23)5-9-19/h3-13,25H,14H2,1-2H3,(H,24,26). The lowest BCUT2D eigenvalue weighted by molar-refractivity contribution is -0.118. The van der Waals surface area contributed by atoms with Gasteiger partial charge in [0.15, 0.2) is 6.61 Å². The van der Waals surface area contributed by atoms with Crippen LogP contribution in [-0.2, 0) is 14.8 Å². The highest BCUT2D eigenvalue weighted by Crippen LogP contribution is 2.22. The smallest absolute Gasteiger partial charge is 0.262 e. The van der Waals surface area contributed by atoms with E-state index in [9.17, 15) is 17.6 Å². The molecule has 2 N–H and O–H groups in total.